The lowest BCUT2D eigenvalue weighted by atomic mass is 9.92. The Labute approximate surface area is 126 Å². The standard InChI is InChI=1S/C14H18BrNO4/c1-8(2)20-11-6-9(15)5-10(7-11)16-12(17)14(3,4)13(18)19/h5-8H,1-4H3,(H,16,17)(H,18,19). The molecule has 1 aromatic carbocycles. The summed E-state index contributed by atoms with van der Waals surface area (Å²) in [6.07, 6.45) is 0.00307. The van der Waals surface area contributed by atoms with Crippen molar-refractivity contribution in [1.29, 1.82) is 0 Å². The lowest BCUT2D eigenvalue weighted by Crippen LogP contribution is -2.37. The molecule has 0 aromatic heterocycles. The first-order chi connectivity index (χ1) is 9.12. The minimum absolute atomic E-state index is 0.00307. The van der Waals surface area contributed by atoms with Crippen LogP contribution in [-0.4, -0.2) is 23.1 Å². The van der Waals surface area contributed by atoms with Gasteiger partial charge >= 0.3 is 5.97 Å². The number of nitrogens with one attached hydrogen (secondary N) is 1. The number of hydrogen-bond acceptors (Lipinski definition) is 3. The van der Waals surface area contributed by atoms with Crippen LogP contribution in [-0.2, 0) is 9.59 Å². The third-order valence-corrected chi connectivity index (χ3v) is 3.06. The smallest absolute Gasteiger partial charge is 0.318 e. The Morgan fingerprint density at radius 1 is 1.30 bits per heavy atom. The molecule has 110 valence electrons. The van der Waals surface area contributed by atoms with Gasteiger partial charge in [-0.15, -0.1) is 0 Å². The number of benzene rings is 1. The number of anilines is 1. The fraction of sp³-hybridized carbons (Fsp3) is 0.429. The molecule has 0 bridgehead atoms. The van der Waals surface area contributed by atoms with Crippen molar-refractivity contribution in [2.24, 2.45) is 5.41 Å². The Hall–Kier alpha value is -1.56. The fourth-order valence-electron chi connectivity index (χ4n) is 1.36. The normalized spacial score (nSPS) is 11.3. The molecule has 0 spiro atoms. The number of carboxylic acids is 1. The third-order valence-electron chi connectivity index (χ3n) is 2.60. The maximum absolute atomic E-state index is 12.0. The second-order valence-electron chi connectivity index (χ2n) is 5.23. The van der Waals surface area contributed by atoms with Crippen LogP contribution >= 0.6 is 15.9 Å². The summed E-state index contributed by atoms with van der Waals surface area (Å²) in [7, 11) is 0. The predicted molar refractivity (Wildman–Crippen MR) is 80.0 cm³/mol. The highest BCUT2D eigenvalue weighted by atomic mass is 79.9. The predicted octanol–water partition coefficient (Wildman–Crippen LogP) is 3.29. The van der Waals surface area contributed by atoms with Crippen molar-refractivity contribution in [2.75, 3.05) is 5.32 Å². The van der Waals surface area contributed by atoms with E-state index in [9.17, 15) is 9.59 Å². The van der Waals surface area contributed by atoms with Crippen molar-refractivity contribution < 1.29 is 19.4 Å². The molecule has 0 saturated heterocycles. The summed E-state index contributed by atoms with van der Waals surface area (Å²) >= 11 is 3.32. The Balaban J connectivity index is 2.95. The van der Waals surface area contributed by atoms with Crippen molar-refractivity contribution >= 4 is 33.5 Å². The van der Waals surface area contributed by atoms with Crippen molar-refractivity contribution in [3.05, 3.63) is 22.7 Å². The topological polar surface area (TPSA) is 75.6 Å². The molecule has 0 heterocycles. The molecule has 1 rings (SSSR count). The number of ether oxygens (including phenoxy) is 1. The maximum Gasteiger partial charge on any atom is 0.318 e. The van der Waals surface area contributed by atoms with Crippen molar-refractivity contribution in [2.45, 2.75) is 33.8 Å². The summed E-state index contributed by atoms with van der Waals surface area (Å²) in [6.45, 7) is 6.50. The molecule has 0 aliphatic carbocycles. The van der Waals surface area contributed by atoms with Crippen LogP contribution in [0.5, 0.6) is 5.75 Å². The number of amides is 1. The number of carbonyl (C=O) groups is 2. The van der Waals surface area contributed by atoms with Crippen molar-refractivity contribution in [3.63, 3.8) is 0 Å². The van der Waals surface area contributed by atoms with E-state index in [-0.39, 0.29) is 6.10 Å². The van der Waals surface area contributed by atoms with Gasteiger partial charge in [0, 0.05) is 16.2 Å². The summed E-state index contributed by atoms with van der Waals surface area (Å²) in [5.74, 6) is -1.17. The SMILES string of the molecule is CC(C)Oc1cc(Br)cc(NC(=O)C(C)(C)C(=O)O)c1. The fourth-order valence-corrected chi connectivity index (χ4v) is 1.83. The van der Waals surface area contributed by atoms with E-state index in [1.165, 1.54) is 13.8 Å². The van der Waals surface area contributed by atoms with Gasteiger partial charge in [0.1, 0.15) is 11.2 Å². The van der Waals surface area contributed by atoms with Crippen LogP contribution < -0.4 is 10.1 Å². The molecular formula is C14H18BrNO4. The van der Waals surface area contributed by atoms with Gasteiger partial charge in [0.25, 0.3) is 0 Å². The first-order valence-corrected chi connectivity index (χ1v) is 6.94. The van der Waals surface area contributed by atoms with Gasteiger partial charge in [-0.05, 0) is 39.8 Å². The van der Waals surface area contributed by atoms with Gasteiger partial charge in [0.05, 0.1) is 6.10 Å². The molecule has 6 heteroatoms. The Bertz CT molecular complexity index is 526. The van der Waals surface area contributed by atoms with E-state index in [4.69, 9.17) is 9.84 Å². The third kappa shape index (κ3) is 4.23. The van der Waals surface area contributed by atoms with E-state index >= 15 is 0 Å². The zero-order valence-corrected chi connectivity index (χ0v) is 13.4. The van der Waals surface area contributed by atoms with Crippen LogP contribution in [0.2, 0.25) is 0 Å². The highest BCUT2D eigenvalue weighted by Crippen LogP contribution is 2.27. The summed E-state index contributed by atoms with van der Waals surface area (Å²) in [6, 6.07) is 5.11. The number of hydrogen-bond donors (Lipinski definition) is 2. The molecule has 2 N–H and O–H groups in total. The second kappa shape index (κ2) is 6.26. The average Bonchev–Trinajstić information content (AvgIpc) is 2.26. The van der Waals surface area contributed by atoms with E-state index < -0.39 is 17.3 Å². The quantitative estimate of drug-likeness (QED) is 0.804. The van der Waals surface area contributed by atoms with Crippen LogP contribution in [0.15, 0.2) is 22.7 Å². The second-order valence-corrected chi connectivity index (χ2v) is 6.14. The molecule has 0 fully saturated rings. The summed E-state index contributed by atoms with van der Waals surface area (Å²) in [4.78, 5) is 23.0. The van der Waals surface area contributed by atoms with E-state index in [0.29, 0.717) is 11.4 Å². The zero-order chi connectivity index (χ0) is 15.5. The molecule has 1 amide bonds. The van der Waals surface area contributed by atoms with Crippen molar-refractivity contribution in [1.82, 2.24) is 0 Å². The molecule has 0 saturated carbocycles. The molecule has 0 radical (unpaired) electrons. The largest absolute Gasteiger partial charge is 0.491 e. The highest BCUT2D eigenvalue weighted by Gasteiger charge is 2.36. The first-order valence-electron chi connectivity index (χ1n) is 6.15. The van der Waals surface area contributed by atoms with E-state index in [2.05, 4.69) is 21.2 Å². The number of rotatable bonds is 5. The summed E-state index contributed by atoms with van der Waals surface area (Å²) < 4.78 is 6.29. The molecule has 20 heavy (non-hydrogen) atoms. The number of carboxylic acid groups (broad SMARTS) is 1. The van der Waals surface area contributed by atoms with Crippen LogP contribution in [0.1, 0.15) is 27.7 Å². The molecular weight excluding hydrogens is 326 g/mol. The van der Waals surface area contributed by atoms with Gasteiger partial charge in [0.15, 0.2) is 0 Å². The van der Waals surface area contributed by atoms with Crippen molar-refractivity contribution in [3.8, 4) is 5.75 Å². The Morgan fingerprint density at radius 3 is 2.40 bits per heavy atom. The summed E-state index contributed by atoms with van der Waals surface area (Å²) in [5, 5.41) is 11.6. The van der Waals surface area contributed by atoms with Crippen LogP contribution in [0, 0.1) is 5.41 Å². The Morgan fingerprint density at radius 2 is 1.90 bits per heavy atom. The average molecular weight is 344 g/mol. The van der Waals surface area contributed by atoms with Gasteiger partial charge in [-0.25, -0.2) is 0 Å². The monoisotopic (exact) mass is 343 g/mol. The lowest BCUT2D eigenvalue weighted by Gasteiger charge is -2.19. The van der Waals surface area contributed by atoms with Gasteiger partial charge < -0.3 is 15.2 Å². The van der Waals surface area contributed by atoms with Crippen LogP contribution in [0.25, 0.3) is 0 Å². The minimum Gasteiger partial charge on any atom is -0.491 e. The first kappa shape index (κ1) is 16.5. The minimum atomic E-state index is -1.50. The Kier molecular flexibility index (Phi) is 5.16. The lowest BCUT2D eigenvalue weighted by molar-refractivity contribution is -0.151. The molecule has 0 aliphatic rings. The molecule has 1 aromatic rings. The van der Waals surface area contributed by atoms with E-state index in [0.717, 1.165) is 4.47 Å². The molecule has 0 aliphatic heterocycles. The number of halogens is 1. The summed E-state index contributed by atoms with van der Waals surface area (Å²) in [5.41, 5.74) is -1.02. The van der Waals surface area contributed by atoms with Crippen LogP contribution in [0.3, 0.4) is 0 Å². The molecule has 0 atom stereocenters. The number of carbonyl (C=O) groups excluding carboxylic acids is 1. The molecule has 5 nitrogen and oxygen atoms in total. The maximum atomic E-state index is 12.0. The van der Waals surface area contributed by atoms with Gasteiger partial charge in [-0.1, -0.05) is 15.9 Å². The van der Waals surface area contributed by atoms with E-state index in [1.54, 1.807) is 18.2 Å². The zero-order valence-electron chi connectivity index (χ0n) is 11.9. The highest BCUT2D eigenvalue weighted by molar-refractivity contribution is 9.10. The van der Waals surface area contributed by atoms with Crippen LogP contribution in [0.4, 0.5) is 5.69 Å². The van der Waals surface area contributed by atoms with Gasteiger partial charge in [-0.2, -0.15) is 0 Å². The van der Waals surface area contributed by atoms with E-state index in [1.807, 2.05) is 13.8 Å². The molecule has 0 unspecified atom stereocenters. The van der Waals surface area contributed by atoms with Gasteiger partial charge in [-0.3, -0.25) is 9.59 Å². The number of aliphatic carboxylic acids is 1. The van der Waals surface area contributed by atoms with Gasteiger partial charge in [0.2, 0.25) is 5.91 Å².